The van der Waals surface area contributed by atoms with Crippen molar-refractivity contribution < 1.29 is 0 Å². The summed E-state index contributed by atoms with van der Waals surface area (Å²) in [4.78, 5) is 7.49. The smallest absolute Gasteiger partial charge is 0.191 e. The number of guanidine groups is 1. The number of hydrogen-bond donors (Lipinski definition) is 2. The summed E-state index contributed by atoms with van der Waals surface area (Å²) in [6.45, 7) is 7.98. The predicted octanol–water partition coefficient (Wildman–Crippen LogP) is 3.40. The van der Waals surface area contributed by atoms with Crippen molar-refractivity contribution in [2.75, 3.05) is 13.1 Å². The molecule has 1 saturated heterocycles. The average molecular weight is 438 g/mol. The highest BCUT2D eigenvalue weighted by molar-refractivity contribution is 5.80. The molecule has 2 aliphatic rings. The minimum absolute atomic E-state index is 0.522. The Labute approximate surface area is 192 Å². The van der Waals surface area contributed by atoms with Gasteiger partial charge in [-0.25, -0.2) is 4.99 Å². The maximum atomic E-state index is 4.89. The normalized spacial score (nSPS) is 22.9. The molecule has 2 heterocycles. The Hall–Kier alpha value is -2.41. The lowest BCUT2D eigenvalue weighted by Crippen LogP contribution is -2.46. The number of aromatic nitrogens is 3. The first kappa shape index (κ1) is 22.8. The van der Waals surface area contributed by atoms with Gasteiger partial charge in [0.15, 0.2) is 11.8 Å². The van der Waals surface area contributed by atoms with E-state index in [0.717, 1.165) is 37.2 Å². The number of hydrogen-bond acceptors (Lipinski definition) is 4. The van der Waals surface area contributed by atoms with Gasteiger partial charge in [0.25, 0.3) is 0 Å². The van der Waals surface area contributed by atoms with Gasteiger partial charge in [0, 0.05) is 38.8 Å². The van der Waals surface area contributed by atoms with E-state index in [2.05, 4.69) is 63.0 Å². The lowest BCUT2D eigenvalue weighted by atomic mass is 9.96. The molecule has 2 N–H and O–H groups in total. The molecule has 4 rings (SSSR count). The van der Waals surface area contributed by atoms with E-state index >= 15 is 0 Å². The van der Waals surface area contributed by atoms with Crippen LogP contribution in [0.2, 0.25) is 0 Å². The van der Waals surface area contributed by atoms with Crippen LogP contribution in [0.1, 0.15) is 62.7 Å². The summed E-state index contributed by atoms with van der Waals surface area (Å²) in [6, 6.07) is 11.9. The van der Waals surface area contributed by atoms with Crippen molar-refractivity contribution in [1.82, 2.24) is 30.3 Å². The molecule has 0 amide bonds. The van der Waals surface area contributed by atoms with E-state index in [1.165, 1.54) is 44.1 Å². The molecule has 7 nitrogen and oxygen atoms in total. The Morgan fingerprint density at radius 2 is 1.91 bits per heavy atom. The number of rotatable bonds is 7. The van der Waals surface area contributed by atoms with Crippen molar-refractivity contribution >= 4 is 5.96 Å². The van der Waals surface area contributed by atoms with Gasteiger partial charge in [0.1, 0.15) is 12.4 Å². The Bertz CT molecular complexity index is 870. The zero-order valence-corrected chi connectivity index (χ0v) is 19.9. The van der Waals surface area contributed by atoms with E-state index in [1.54, 1.807) is 0 Å². The summed E-state index contributed by atoms with van der Waals surface area (Å²) in [7, 11) is 2.00. The van der Waals surface area contributed by atoms with Gasteiger partial charge >= 0.3 is 0 Å². The molecule has 0 spiro atoms. The molecule has 0 radical (unpaired) electrons. The van der Waals surface area contributed by atoms with Crippen LogP contribution >= 0.6 is 0 Å². The Morgan fingerprint density at radius 1 is 1.12 bits per heavy atom. The van der Waals surface area contributed by atoms with Gasteiger partial charge in [-0.05, 0) is 44.6 Å². The molecule has 1 aliphatic carbocycles. The maximum Gasteiger partial charge on any atom is 0.191 e. The molecule has 174 valence electrons. The summed E-state index contributed by atoms with van der Waals surface area (Å²) >= 11 is 0. The van der Waals surface area contributed by atoms with Crippen LogP contribution in [0.15, 0.2) is 35.3 Å². The third-order valence-electron chi connectivity index (χ3n) is 7.08. The molecule has 1 aromatic heterocycles. The van der Waals surface area contributed by atoms with Gasteiger partial charge in [-0.3, -0.25) is 4.90 Å². The van der Waals surface area contributed by atoms with E-state index in [0.29, 0.717) is 24.5 Å². The molecule has 1 aromatic carbocycles. The molecule has 32 heavy (non-hydrogen) atoms. The van der Waals surface area contributed by atoms with E-state index < -0.39 is 0 Å². The number of nitrogens with one attached hydrogen (secondary N) is 2. The Balaban J connectivity index is 1.34. The van der Waals surface area contributed by atoms with Crippen molar-refractivity contribution in [1.29, 1.82) is 0 Å². The Kier molecular flexibility index (Phi) is 7.79. The van der Waals surface area contributed by atoms with Crippen LogP contribution in [0.3, 0.4) is 0 Å². The molecule has 2 atom stereocenters. The summed E-state index contributed by atoms with van der Waals surface area (Å²) in [5.41, 5.74) is 1.40. The van der Waals surface area contributed by atoms with Crippen LogP contribution in [-0.4, -0.2) is 50.8 Å². The van der Waals surface area contributed by atoms with E-state index in [4.69, 9.17) is 4.99 Å². The standard InChI is InChI=1S/C25H39N7/c1-19-14-22(18-32(19)17-21-10-6-4-7-11-21)15-26-25(28-23-12-8-5-9-13-23)27-16-24-30-29-20(2)31(24)3/h4,6-7,10-11,19,22-23H,5,8-9,12-18H2,1-3H3,(H2,26,27,28). The number of nitrogens with zero attached hydrogens (tertiary/aromatic N) is 5. The van der Waals surface area contributed by atoms with Crippen molar-refractivity contribution in [2.45, 2.75) is 77.5 Å². The van der Waals surface area contributed by atoms with Crippen molar-refractivity contribution in [3.05, 3.63) is 47.5 Å². The predicted molar refractivity (Wildman–Crippen MR) is 129 cm³/mol. The zero-order chi connectivity index (χ0) is 22.3. The largest absolute Gasteiger partial charge is 0.356 e. The highest BCUT2D eigenvalue weighted by Gasteiger charge is 2.29. The van der Waals surface area contributed by atoms with Crippen LogP contribution in [0.5, 0.6) is 0 Å². The van der Waals surface area contributed by atoms with Gasteiger partial charge in [-0.15, -0.1) is 10.2 Å². The molecule has 1 aliphatic heterocycles. The van der Waals surface area contributed by atoms with Crippen molar-refractivity contribution in [3.8, 4) is 0 Å². The minimum Gasteiger partial charge on any atom is -0.356 e. The fourth-order valence-electron chi connectivity index (χ4n) is 4.98. The zero-order valence-electron chi connectivity index (χ0n) is 19.9. The van der Waals surface area contributed by atoms with Crippen LogP contribution < -0.4 is 10.6 Å². The highest BCUT2D eigenvalue weighted by Crippen LogP contribution is 2.24. The Morgan fingerprint density at radius 3 is 2.62 bits per heavy atom. The van der Waals surface area contributed by atoms with Crippen LogP contribution in [-0.2, 0) is 20.1 Å². The quantitative estimate of drug-likeness (QED) is 0.513. The topological polar surface area (TPSA) is 70.4 Å². The number of likely N-dealkylation sites (tertiary alicyclic amines) is 1. The van der Waals surface area contributed by atoms with E-state index in [9.17, 15) is 0 Å². The number of benzene rings is 1. The molecule has 7 heteroatoms. The van der Waals surface area contributed by atoms with Crippen LogP contribution in [0.25, 0.3) is 0 Å². The van der Waals surface area contributed by atoms with E-state index in [-0.39, 0.29) is 0 Å². The second-order valence-corrected chi connectivity index (χ2v) is 9.61. The molecular weight excluding hydrogens is 398 g/mol. The third kappa shape index (κ3) is 6.09. The van der Waals surface area contributed by atoms with Crippen LogP contribution in [0.4, 0.5) is 0 Å². The first-order valence-corrected chi connectivity index (χ1v) is 12.3. The summed E-state index contributed by atoms with van der Waals surface area (Å²) in [5.74, 6) is 3.37. The van der Waals surface area contributed by atoms with Gasteiger partial charge < -0.3 is 15.2 Å². The molecule has 2 aromatic rings. The molecular formula is C25H39N7. The van der Waals surface area contributed by atoms with Gasteiger partial charge in [0.2, 0.25) is 0 Å². The molecule has 0 bridgehead atoms. The fourth-order valence-corrected chi connectivity index (χ4v) is 4.98. The molecule has 1 saturated carbocycles. The van der Waals surface area contributed by atoms with Gasteiger partial charge in [-0.2, -0.15) is 0 Å². The van der Waals surface area contributed by atoms with Crippen LogP contribution in [0, 0.1) is 12.8 Å². The monoisotopic (exact) mass is 437 g/mol. The van der Waals surface area contributed by atoms with E-state index in [1.807, 2.05) is 18.5 Å². The van der Waals surface area contributed by atoms with Crippen molar-refractivity contribution in [2.24, 2.45) is 18.0 Å². The molecule has 2 fully saturated rings. The second kappa shape index (κ2) is 10.9. The lowest BCUT2D eigenvalue weighted by molar-refractivity contribution is 0.255. The summed E-state index contributed by atoms with van der Waals surface area (Å²) in [6.07, 6.45) is 7.65. The third-order valence-corrected chi connectivity index (χ3v) is 7.08. The lowest BCUT2D eigenvalue weighted by Gasteiger charge is -2.25. The number of aliphatic imine (C=N–C) groups is 1. The fraction of sp³-hybridized carbons (Fsp3) is 0.640. The minimum atomic E-state index is 0.522. The summed E-state index contributed by atoms with van der Waals surface area (Å²) < 4.78 is 2.02. The average Bonchev–Trinajstić information content (AvgIpc) is 3.32. The van der Waals surface area contributed by atoms with Gasteiger partial charge in [0.05, 0.1) is 0 Å². The molecule has 2 unspecified atom stereocenters. The summed E-state index contributed by atoms with van der Waals surface area (Å²) in [5, 5.41) is 15.8. The number of aryl methyl sites for hydroxylation is 1. The van der Waals surface area contributed by atoms with Crippen molar-refractivity contribution in [3.63, 3.8) is 0 Å². The first-order chi connectivity index (χ1) is 15.6. The highest BCUT2D eigenvalue weighted by atomic mass is 15.3. The maximum absolute atomic E-state index is 4.89. The second-order valence-electron chi connectivity index (χ2n) is 9.61. The first-order valence-electron chi connectivity index (χ1n) is 12.3. The van der Waals surface area contributed by atoms with Gasteiger partial charge in [-0.1, -0.05) is 49.6 Å². The SMILES string of the molecule is Cc1nnc(CN=C(NCC2CC(C)N(Cc3ccccc3)C2)NC2CCCCC2)n1C.